The molecule has 0 fully saturated rings. The lowest BCUT2D eigenvalue weighted by Gasteiger charge is -2.10. The summed E-state index contributed by atoms with van der Waals surface area (Å²) in [6, 6.07) is 11.6. The van der Waals surface area contributed by atoms with Crippen LogP contribution in [0.4, 0.5) is 0 Å². The zero-order valence-electron chi connectivity index (χ0n) is 15.9. The summed E-state index contributed by atoms with van der Waals surface area (Å²) in [4.78, 5) is 24.4. The summed E-state index contributed by atoms with van der Waals surface area (Å²) in [5.74, 6) is -0.730. The number of sulfone groups is 1. The highest BCUT2D eigenvalue weighted by atomic mass is 32.2. The highest BCUT2D eigenvalue weighted by Crippen LogP contribution is 2.28. The average molecular weight is 412 g/mol. The van der Waals surface area contributed by atoms with Crippen molar-refractivity contribution in [3.05, 3.63) is 80.7 Å². The maximum absolute atomic E-state index is 12.5. The van der Waals surface area contributed by atoms with Gasteiger partial charge in [0.1, 0.15) is 12.2 Å². The first-order chi connectivity index (χ1) is 13.8. The van der Waals surface area contributed by atoms with E-state index in [1.807, 2.05) is 12.1 Å². The summed E-state index contributed by atoms with van der Waals surface area (Å²) in [5, 5.41) is 0.767. The molecule has 4 rings (SSSR count). The van der Waals surface area contributed by atoms with Gasteiger partial charge in [-0.3, -0.25) is 0 Å². The van der Waals surface area contributed by atoms with Gasteiger partial charge in [0.05, 0.1) is 11.3 Å². The lowest BCUT2D eigenvalue weighted by molar-refractivity contribution is 0.0473. The molecule has 0 bridgehead atoms. The van der Waals surface area contributed by atoms with Crippen LogP contribution in [0.2, 0.25) is 0 Å². The number of hydrogen-bond donors (Lipinski definition) is 0. The van der Waals surface area contributed by atoms with Gasteiger partial charge in [0.15, 0.2) is 9.84 Å². The molecule has 1 aromatic heterocycles. The van der Waals surface area contributed by atoms with E-state index in [0.29, 0.717) is 16.7 Å². The minimum atomic E-state index is -3.21. The fourth-order valence-corrected chi connectivity index (χ4v) is 4.52. The van der Waals surface area contributed by atoms with Crippen molar-refractivity contribution in [3.63, 3.8) is 0 Å². The lowest BCUT2D eigenvalue weighted by atomic mass is 10.0. The minimum Gasteiger partial charge on any atom is -0.457 e. The molecule has 6 nitrogen and oxygen atoms in total. The third-order valence-electron chi connectivity index (χ3n) is 4.99. The third-order valence-corrected chi connectivity index (χ3v) is 5.85. The number of carbonyl (C=O) groups excluding carboxylic acids is 1. The molecule has 0 atom stereocenters. The summed E-state index contributed by atoms with van der Waals surface area (Å²) in [5.41, 5.74) is 3.80. The molecule has 3 aromatic rings. The Bertz CT molecular complexity index is 1270. The number of esters is 1. The topological polar surface area (TPSA) is 90.6 Å². The molecule has 0 unspecified atom stereocenters. The summed E-state index contributed by atoms with van der Waals surface area (Å²) < 4.78 is 33.7. The molecule has 0 spiro atoms. The normalized spacial score (nSPS) is 13.4. The second-order valence-electron chi connectivity index (χ2n) is 7.41. The van der Waals surface area contributed by atoms with Crippen molar-refractivity contribution in [2.75, 3.05) is 6.26 Å². The predicted molar refractivity (Wildman–Crippen MR) is 109 cm³/mol. The summed E-state index contributed by atoms with van der Waals surface area (Å²) in [7, 11) is -3.21. The fraction of sp³-hybridized carbons (Fsp3) is 0.273. The van der Waals surface area contributed by atoms with Crippen LogP contribution in [0.1, 0.15) is 39.0 Å². The van der Waals surface area contributed by atoms with Crippen molar-refractivity contribution in [2.45, 2.75) is 31.6 Å². The monoisotopic (exact) mass is 412 g/mol. The zero-order valence-corrected chi connectivity index (χ0v) is 16.8. The van der Waals surface area contributed by atoms with Gasteiger partial charge in [0.25, 0.3) is 0 Å². The Labute approximate surface area is 168 Å². The van der Waals surface area contributed by atoms with E-state index in [1.165, 1.54) is 23.3 Å². The fourth-order valence-electron chi connectivity index (χ4n) is 3.73. The largest absolute Gasteiger partial charge is 0.457 e. The van der Waals surface area contributed by atoms with Crippen LogP contribution >= 0.6 is 0 Å². The molecule has 1 heterocycles. The molecule has 1 aliphatic carbocycles. The first-order valence-corrected chi connectivity index (χ1v) is 11.4. The van der Waals surface area contributed by atoms with Gasteiger partial charge >= 0.3 is 11.6 Å². The van der Waals surface area contributed by atoms with Crippen LogP contribution in [0.15, 0.2) is 51.7 Å². The van der Waals surface area contributed by atoms with Gasteiger partial charge in [-0.15, -0.1) is 0 Å². The molecule has 7 heteroatoms. The Morgan fingerprint density at radius 1 is 1.10 bits per heavy atom. The molecule has 0 saturated heterocycles. The van der Waals surface area contributed by atoms with E-state index in [4.69, 9.17) is 9.15 Å². The maximum atomic E-state index is 12.5. The van der Waals surface area contributed by atoms with E-state index in [2.05, 4.69) is 0 Å². The van der Waals surface area contributed by atoms with E-state index in [1.54, 1.807) is 18.2 Å². The smallest absolute Gasteiger partial charge is 0.338 e. The standard InChI is InChI=1S/C22H20O6S/c1-29(25,26)13-14-4-2-7-17(8-14)22(24)27-12-18-11-21(23)28-20-10-16-6-3-5-15(16)9-19(18)20/h2,4,7-11H,3,5-6,12-13H2,1H3. The van der Waals surface area contributed by atoms with E-state index in [9.17, 15) is 18.0 Å². The van der Waals surface area contributed by atoms with Crippen molar-refractivity contribution in [2.24, 2.45) is 0 Å². The molecule has 2 aromatic carbocycles. The van der Waals surface area contributed by atoms with Gasteiger partial charge in [-0.25, -0.2) is 18.0 Å². The minimum absolute atomic E-state index is 0.0734. The van der Waals surface area contributed by atoms with Crippen LogP contribution in [-0.4, -0.2) is 20.6 Å². The van der Waals surface area contributed by atoms with Crippen LogP contribution in [0, 0.1) is 0 Å². The van der Waals surface area contributed by atoms with Gasteiger partial charge in [0.2, 0.25) is 0 Å². The van der Waals surface area contributed by atoms with Gasteiger partial charge in [0, 0.05) is 23.3 Å². The molecular weight excluding hydrogens is 392 g/mol. The zero-order chi connectivity index (χ0) is 20.6. The van der Waals surface area contributed by atoms with E-state index >= 15 is 0 Å². The van der Waals surface area contributed by atoms with Gasteiger partial charge < -0.3 is 9.15 Å². The molecule has 0 N–H and O–H groups in total. The number of carbonyl (C=O) groups is 1. The van der Waals surface area contributed by atoms with E-state index in [-0.39, 0.29) is 17.9 Å². The molecule has 0 saturated carbocycles. The highest BCUT2D eigenvalue weighted by molar-refractivity contribution is 7.89. The first kappa shape index (κ1) is 19.4. The number of fused-ring (bicyclic) bond motifs is 2. The third kappa shape index (κ3) is 4.40. The highest BCUT2D eigenvalue weighted by Gasteiger charge is 2.17. The van der Waals surface area contributed by atoms with Crippen LogP contribution in [0.5, 0.6) is 0 Å². The Morgan fingerprint density at radius 2 is 1.86 bits per heavy atom. The number of aryl methyl sites for hydroxylation is 2. The second-order valence-corrected chi connectivity index (χ2v) is 9.55. The lowest BCUT2D eigenvalue weighted by Crippen LogP contribution is -2.09. The van der Waals surface area contributed by atoms with E-state index in [0.717, 1.165) is 30.9 Å². The molecule has 150 valence electrons. The quantitative estimate of drug-likeness (QED) is 0.472. The Hall–Kier alpha value is -2.93. The maximum Gasteiger partial charge on any atom is 0.338 e. The molecule has 0 aliphatic heterocycles. The SMILES string of the molecule is CS(=O)(=O)Cc1cccc(C(=O)OCc2cc(=O)oc3cc4c(cc23)CCC4)c1. The number of hydrogen-bond acceptors (Lipinski definition) is 6. The van der Waals surface area contributed by atoms with Crippen molar-refractivity contribution in [1.82, 2.24) is 0 Å². The summed E-state index contributed by atoms with van der Waals surface area (Å²) in [6.45, 7) is -0.0734. The number of ether oxygens (including phenoxy) is 1. The Kier molecular flexibility index (Phi) is 5.00. The molecule has 29 heavy (non-hydrogen) atoms. The molecule has 0 amide bonds. The van der Waals surface area contributed by atoms with Gasteiger partial charge in [-0.1, -0.05) is 12.1 Å². The van der Waals surface area contributed by atoms with Crippen LogP contribution < -0.4 is 5.63 Å². The number of benzene rings is 2. The van der Waals surface area contributed by atoms with Crippen molar-refractivity contribution >= 4 is 26.8 Å². The predicted octanol–water partition coefficient (Wildman–Crippen LogP) is 3.18. The summed E-state index contributed by atoms with van der Waals surface area (Å²) in [6.07, 6.45) is 4.17. The van der Waals surface area contributed by atoms with Crippen molar-refractivity contribution < 1.29 is 22.4 Å². The van der Waals surface area contributed by atoms with Crippen LogP contribution in [0.3, 0.4) is 0 Å². The van der Waals surface area contributed by atoms with Crippen LogP contribution in [-0.2, 0) is 39.8 Å². The van der Waals surface area contributed by atoms with Gasteiger partial charge in [-0.2, -0.15) is 0 Å². The molecule has 1 aliphatic rings. The van der Waals surface area contributed by atoms with Crippen molar-refractivity contribution in [1.29, 1.82) is 0 Å². The number of rotatable bonds is 5. The first-order valence-electron chi connectivity index (χ1n) is 9.31. The molecular formula is C22H20O6S. The summed E-state index contributed by atoms with van der Waals surface area (Å²) >= 11 is 0. The Balaban J connectivity index is 1.58. The van der Waals surface area contributed by atoms with Crippen LogP contribution in [0.25, 0.3) is 11.0 Å². The average Bonchev–Trinajstić information content (AvgIpc) is 3.10. The Morgan fingerprint density at radius 3 is 2.62 bits per heavy atom. The van der Waals surface area contributed by atoms with E-state index < -0.39 is 21.4 Å². The second kappa shape index (κ2) is 7.48. The molecule has 0 radical (unpaired) electrons. The van der Waals surface area contributed by atoms with Crippen molar-refractivity contribution in [3.8, 4) is 0 Å². The van der Waals surface area contributed by atoms with Gasteiger partial charge in [-0.05, 0) is 60.2 Å².